The molecule has 0 amide bonds. The molecular weight excluding hydrogens is 500 g/mol. The molecule has 1 fully saturated rings. The fourth-order valence-corrected chi connectivity index (χ4v) is 6.45. The number of nitrogens with zero attached hydrogens (tertiary/aromatic N) is 2. The number of carboxylic acids is 1. The van der Waals surface area contributed by atoms with Crippen molar-refractivity contribution in [2.75, 3.05) is 29.9 Å². The minimum absolute atomic E-state index is 0.0144. The van der Waals surface area contributed by atoms with Crippen LogP contribution in [0.5, 0.6) is 0 Å². The molecule has 2 N–H and O–H groups in total. The van der Waals surface area contributed by atoms with Crippen molar-refractivity contribution in [1.82, 2.24) is 9.29 Å². The summed E-state index contributed by atoms with van der Waals surface area (Å²) in [6.45, 7) is 0.630. The Bertz CT molecular complexity index is 1330. The summed E-state index contributed by atoms with van der Waals surface area (Å²) >= 11 is 13.6. The normalized spacial score (nSPS) is 15.1. The Morgan fingerprint density at radius 2 is 1.88 bits per heavy atom. The fourth-order valence-electron chi connectivity index (χ4n) is 3.40. The van der Waals surface area contributed by atoms with Crippen LogP contribution in [-0.2, 0) is 10.0 Å². The van der Waals surface area contributed by atoms with Crippen LogP contribution in [0.4, 0.5) is 15.8 Å². The summed E-state index contributed by atoms with van der Waals surface area (Å²) in [5, 5.41) is 12.8. The number of rotatable bonds is 5. The number of hydrogen-bond donors (Lipinski definition) is 2. The van der Waals surface area contributed by atoms with Crippen molar-refractivity contribution in [3.63, 3.8) is 0 Å². The van der Waals surface area contributed by atoms with Crippen molar-refractivity contribution in [1.29, 1.82) is 0 Å². The highest BCUT2D eigenvalue weighted by atomic mass is 35.5. The molecule has 168 valence electrons. The lowest BCUT2D eigenvalue weighted by Gasteiger charge is -2.27. The molecule has 7 nitrogen and oxygen atoms in total. The second kappa shape index (κ2) is 9.03. The number of anilines is 2. The van der Waals surface area contributed by atoms with E-state index >= 15 is 0 Å². The molecule has 0 radical (unpaired) electrons. The van der Waals surface area contributed by atoms with Gasteiger partial charge in [0, 0.05) is 46.2 Å². The van der Waals surface area contributed by atoms with Gasteiger partial charge in [-0.3, -0.25) is 4.98 Å². The van der Waals surface area contributed by atoms with E-state index in [-0.39, 0.29) is 42.8 Å². The van der Waals surface area contributed by atoms with Gasteiger partial charge in [0.2, 0.25) is 10.0 Å². The van der Waals surface area contributed by atoms with Crippen molar-refractivity contribution in [3.05, 3.63) is 58.0 Å². The molecule has 0 atom stereocenters. The van der Waals surface area contributed by atoms with Gasteiger partial charge in [0.1, 0.15) is 10.4 Å². The monoisotopic (exact) mass is 515 g/mol. The molecular formula is C20H16Cl2FN3O4S2. The van der Waals surface area contributed by atoms with Crippen LogP contribution in [0.3, 0.4) is 0 Å². The van der Waals surface area contributed by atoms with Crippen LogP contribution < -0.4 is 5.32 Å². The molecule has 2 aromatic carbocycles. The van der Waals surface area contributed by atoms with E-state index < -0.39 is 21.8 Å². The smallest absolute Gasteiger partial charge is 0.337 e. The molecule has 1 aromatic heterocycles. The number of aromatic nitrogens is 1. The van der Waals surface area contributed by atoms with E-state index in [0.29, 0.717) is 24.6 Å². The molecule has 0 bridgehead atoms. The van der Waals surface area contributed by atoms with Gasteiger partial charge in [-0.15, -0.1) is 0 Å². The van der Waals surface area contributed by atoms with Gasteiger partial charge in [-0.05, 0) is 30.3 Å². The molecule has 1 aliphatic rings. The highest BCUT2D eigenvalue weighted by molar-refractivity contribution is 7.99. The Morgan fingerprint density at radius 3 is 2.56 bits per heavy atom. The highest BCUT2D eigenvalue weighted by Gasteiger charge is 2.31. The van der Waals surface area contributed by atoms with Gasteiger partial charge >= 0.3 is 5.97 Å². The van der Waals surface area contributed by atoms with Gasteiger partial charge in [0.25, 0.3) is 0 Å². The van der Waals surface area contributed by atoms with E-state index in [1.807, 2.05) is 0 Å². The number of aromatic carboxylic acids is 1. The Balaban J connectivity index is 1.97. The summed E-state index contributed by atoms with van der Waals surface area (Å²) in [6.07, 6.45) is 1.08. The first kappa shape index (κ1) is 23.1. The first-order valence-electron chi connectivity index (χ1n) is 9.34. The number of carboxylic acid groups (broad SMARTS) is 1. The molecule has 4 rings (SSSR count). The second-order valence-electron chi connectivity index (χ2n) is 6.92. The van der Waals surface area contributed by atoms with Crippen LogP contribution in [-0.4, -0.2) is 53.4 Å². The van der Waals surface area contributed by atoms with Gasteiger partial charge in [-0.2, -0.15) is 16.1 Å². The minimum Gasteiger partial charge on any atom is -0.478 e. The van der Waals surface area contributed by atoms with Crippen molar-refractivity contribution >= 4 is 73.2 Å². The van der Waals surface area contributed by atoms with Gasteiger partial charge in [0.15, 0.2) is 5.82 Å². The predicted octanol–water partition coefficient (Wildman–Crippen LogP) is 4.86. The van der Waals surface area contributed by atoms with Crippen LogP contribution >= 0.6 is 35.0 Å². The van der Waals surface area contributed by atoms with Crippen molar-refractivity contribution < 1.29 is 22.7 Å². The number of sulfonamides is 1. The van der Waals surface area contributed by atoms with Crippen LogP contribution in [0, 0.1) is 5.82 Å². The molecule has 3 aromatic rings. The van der Waals surface area contributed by atoms with E-state index in [2.05, 4.69) is 10.3 Å². The number of benzene rings is 2. The molecule has 2 heterocycles. The van der Waals surface area contributed by atoms with Gasteiger partial charge in [-0.25, -0.2) is 17.6 Å². The van der Waals surface area contributed by atoms with Crippen LogP contribution in [0.15, 0.2) is 41.4 Å². The average molecular weight is 516 g/mol. The quantitative estimate of drug-likeness (QED) is 0.500. The maximum atomic E-state index is 14.6. The highest BCUT2D eigenvalue weighted by Crippen LogP contribution is 2.37. The Hall–Kier alpha value is -2.11. The van der Waals surface area contributed by atoms with Gasteiger partial charge in [0.05, 0.1) is 16.9 Å². The van der Waals surface area contributed by atoms with Crippen molar-refractivity contribution in [3.8, 4) is 0 Å². The zero-order chi connectivity index (χ0) is 23.0. The molecule has 0 spiro atoms. The topological polar surface area (TPSA) is 99.6 Å². The number of thioether (sulfide) groups is 1. The summed E-state index contributed by atoms with van der Waals surface area (Å²) in [6, 6.07) is 6.56. The Labute approximate surface area is 197 Å². The molecule has 0 aliphatic carbocycles. The SMILES string of the molecule is O=C(O)c1cc(Cl)ccc1Nc1c(S(=O)(=O)N2CCSCC2)cnc2c(F)cc(Cl)cc12. The molecule has 1 aliphatic heterocycles. The number of pyridine rings is 1. The zero-order valence-electron chi connectivity index (χ0n) is 16.3. The van der Waals surface area contributed by atoms with E-state index in [1.165, 1.54) is 28.6 Å². The standard InChI is InChI=1S/C20H16Cl2FN3O4S2/c21-11-1-2-16(13(7-11)20(27)28)25-19-14-8-12(22)9-15(23)18(14)24-10-17(19)32(29,30)26-3-5-31-6-4-26/h1-2,7-10H,3-6H2,(H,24,25)(H,27,28). The molecule has 0 saturated carbocycles. The average Bonchev–Trinajstić information content (AvgIpc) is 2.75. The third-order valence-electron chi connectivity index (χ3n) is 4.91. The minimum atomic E-state index is -4.02. The number of hydrogen-bond acceptors (Lipinski definition) is 6. The first-order valence-corrected chi connectivity index (χ1v) is 12.7. The summed E-state index contributed by atoms with van der Waals surface area (Å²) < 4.78 is 42.8. The number of halogens is 3. The van der Waals surface area contributed by atoms with E-state index in [1.54, 1.807) is 11.8 Å². The van der Waals surface area contributed by atoms with Gasteiger partial charge in [-0.1, -0.05) is 23.2 Å². The fraction of sp³-hybridized carbons (Fsp3) is 0.200. The Kier molecular flexibility index (Phi) is 6.51. The molecule has 32 heavy (non-hydrogen) atoms. The number of fused-ring (bicyclic) bond motifs is 1. The maximum absolute atomic E-state index is 14.6. The second-order valence-corrected chi connectivity index (χ2v) is 10.9. The number of nitrogens with one attached hydrogen (secondary N) is 1. The molecule has 0 unspecified atom stereocenters. The van der Waals surface area contributed by atoms with E-state index in [9.17, 15) is 22.7 Å². The summed E-state index contributed by atoms with van der Waals surface area (Å²) in [7, 11) is -4.02. The largest absolute Gasteiger partial charge is 0.478 e. The lowest BCUT2D eigenvalue weighted by atomic mass is 10.1. The lowest BCUT2D eigenvalue weighted by molar-refractivity contribution is 0.0698. The third-order valence-corrected chi connectivity index (χ3v) is 8.22. The van der Waals surface area contributed by atoms with Crippen LogP contribution in [0.1, 0.15) is 10.4 Å². The zero-order valence-corrected chi connectivity index (χ0v) is 19.5. The summed E-state index contributed by atoms with van der Waals surface area (Å²) in [5.41, 5.74) is -0.210. The van der Waals surface area contributed by atoms with E-state index in [0.717, 1.165) is 12.3 Å². The molecule has 12 heteroatoms. The maximum Gasteiger partial charge on any atom is 0.337 e. The molecule has 1 saturated heterocycles. The van der Waals surface area contributed by atoms with Crippen molar-refractivity contribution in [2.45, 2.75) is 4.90 Å². The van der Waals surface area contributed by atoms with Crippen LogP contribution in [0.2, 0.25) is 10.0 Å². The summed E-state index contributed by atoms with van der Waals surface area (Å²) in [5.74, 6) is -0.716. The number of carbonyl (C=O) groups is 1. The predicted molar refractivity (Wildman–Crippen MR) is 124 cm³/mol. The Morgan fingerprint density at radius 1 is 1.16 bits per heavy atom. The van der Waals surface area contributed by atoms with E-state index in [4.69, 9.17) is 23.2 Å². The third kappa shape index (κ3) is 4.38. The first-order chi connectivity index (χ1) is 15.2. The lowest BCUT2D eigenvalue weighted by Crippen LogP contribution is -2.38. The van der Waals surface area contributed by atoms with Crippen LogP contribution in [0.25, 0.3) is 10.9 Å². The van der Waals surface area contributed by atoms with Crippen molar-refractivity contribution in [2.24, 2.45) is 0 Å². The summed E-state index contributed by atoms with van der Waals surface area (Å²) in [4.78, 5) is 15.6. The van der Waals surface area contributed by atoms with Gasteiger partial charge < -0.3 is 10.4 Å².